The number of amides is 1. The molecule has 0 aliphatic rings. The van der Waals surface area contributed by atoms with Crippen molar-refractivity contribution in [3.05, 3.63) is 100 Å². The zero-order valence-electron chi connectivity index (χ0n) is 17.5. The molecular formula is C26H28BrNO2. The molecule has 0 saturated carbocycles. The number of ether oxygens (including phenoxy) is 1. The molecule has 0 spiro atoms. The standard InChI is InChI=1S/C26H28BrNO2/c1-19(2)22-15-16-24(23(27)18-22)30-17-9-14-25(29)28-26(20-10-5-3-6-11-20)21-12-7-4-8-13-21/h3-8,10-13,15-16,18-19,26H,9,14,17H2,1-2H3,(H,28,29). The number of carbonyl (C=O) groups is 1. The van der Waals surface area contributed by atoms with Gasteiger partial charge in [0.15, 0.2) is 0 Å². The number of hydrogen-bond donors (Lipinski definition) is 1. The van der Waals surface area contributed by atoms with Crippen molar-refractivity contribution in [2.75, 3.05) is 6.61 Å². The van der Waals surface area contributed by atoms with Gasteiger partial charge in [0.05, 0.1) is 17.1 Å². The zero-order valence-corrected chi connectivity index (χ0v) is 19.1. The van der Waals surface area contributed by atoms with E-state index in [1.54, 1.807) is 0 Å². The third-order valence-electron chi connectivity index (χ3n) is 5.00. The number of rotatable bonds is 9. The summed E-state index contributed by atoms with van der Waals surface area (Å²) in [5.74, 6) is 1.30. The molecule has 4 heteroatoms. The highest BCUT2D eigenvalue weighted by Gasteiger charge is 2.16. The van der Waals surface area contributed by atoms with Crippen molar-refractivity contribution in [2.24, 2.45) is 0 Å². The van der Waals surface area contributed by atoms with E-state index in [9.17, 15) is 4.79 Å². The van der Waals surface area contributed by atoms with E-state index < -0.39 is 0 Å². The molecule has 1 amide bonds. The van der Waals surface area contributed by atoms with Gasteiger partial charge in [-0.3, -0.25) is 4.79 Å². The van der Waals surface area contributed by atoms with Crippen LogP contribution in [0.15, 0.2) is 83.3 Å². The molecule has 3 rings (SSSR count). The fraction of sp³-hybridized carbons (Fsp3) is 0.269. The Morgan fingerprint density at radius 2 is 1.50 bits per heavy atom. The maximum absolute atomic E-state index is 12.6. The first-order chi connectivity index (χ1) is 14.5. The summed E-state index contributed by atoms with van der Waals surface area (Å²) in [4.78, 5) is 12.6. The van der Waals surface area contributed by atoms with E-state index in [1.807, 2.05) is 66.7 Å². The molecule has 0 radical (unpaired) electrons. The van der Waals surface area contributed by atoms with Crippen LogP contribution < -0.4 is 10.1 Å². The molecule has 0 atom stereocenters. The van der Waals surface area contributed by atoms with Gasteiger partial charge in [-0.2, -0.15) is 0 Å². The van der Waals surface area contributed by atoms with Gasteiger partial charge >= 0.3 is 0 Å². The summed E-state index contributed by atoms with van der Waals surface area (Å²) in [5.41, 5.74) is 3.41. The molecule has 0 aliphatic carbocycles. The largest absolute Gasteiger partial charge is 0.492 e. The van der Waals surface area contributed by atoms with Crippen molar-refractivity contribution >= 4 is 21.8 Å². The third-order valence-corrected chi connectivity index (χ3v) is 5.62. The summed E-state index contributed by atoms with van der Waals surface area (Å²) in [6.07, 6.45) is 1.07. The highest BCUT2D eigenvalue weighted by molar-refractivity contribution is 9.10. The monoisotopic (exact) mass is 465 g/mol. The highest BCUT2D eigenvalue weighted by atomic mass is 79.9. The second-order valence-corrected chi connectivity index (χ2v) is 8.47. The Morgan fingerprint density at radius 1 is 0.900 bits per heavy atom. The normalized spacial score (nSPS) is 11.0. The summed E-state index contributed by atoms with van der Waals surface area (Å²) in [5, 5.41) is 3.18. The van der Waals surface area contributed by atoms with E-state index in [0.717, 1.165) is 21.3 Å². The molecule has 0 bridgehead atoms. The molecule has 3 aromatic carbocycles. The Labute approximate surface area is 187 Å². The van der Waals surface area contributed by atoms with E-state index in [2.05, 4.69) is 47.2 Å². The first-order valence-electron chi connectivity index (χ1n) is 10.4. The van der Waals surface area contributed by atoms with Crippen molar-refractivity contribution in [1.29, 1.82) is 0 Å². The first-order valence-corrected chi connectivity index (χ1v) is 11.2. The fourth-order valence-electron chi connectivity index (χ4n) is 3.29. The van der Waals surface area contributed by atoms with Crippen LogP contribution in [0.4, 0.5) is 0 Å². The lowest BCUT2D eigenvalue weighted by Gasteiger charge is -2.20. The van der Waals surface area contributed by atoms with Gasteiger partial charge in [-0.1, -0.05) is 80.6 Å². The smallest absolute Gasteiger partial charge is 0.220 e. The van der Waals surface area contributed by atoms with Crippen molar-refractivity contribution in [1.82, 2.24) is 5.32 Å². The summed E-state index contributed by atoms with van der Waals surface area (Å²) >= 11 is 3.58. The van der Waals surface area contributed by atoms with E-state index in [1.165, 1.54) is 5.56 Å². The molecule has 156 valence electrons. The minimum Gasteiger partial charge on any atom is -0.492 e. The second kappa shape index (κ2) is 11.0. The van der Waals surface area contributed by atoms with Crippen molar-refractivity contribution in [2.45, 2.75) is 38.6 Å². The topological polar surface area (TPSA) is 38.3 Å². The average Bonchev–Trinajstić information content (AvgIpc) is 2.77. The Bertz CT molecular complexity index is 902. The Kier molecular flexibility index (Phi) is 8.09. The number of hydrogen-bond acceptors (Lipinski definition) is 2. The van der Waals surface area contributed by atoms with Crippen LogP contribution in [0.2, 0.25) is 0 Å². The molecule has 3 nitrogen and oxygen atoms in total. The van der Waals surface area contributed by atoms with Gasteiger partial charge in [0.2, 0.25) is 5.91 Å². The molecule has 0 aromatic heterocycles. The van der Waals surface area contributed by atoms with Gasteiger partial charge in [-0.25, -0.2) is 0 Å². The lowest BCUT2D eigenvalue weighted by atomic mass is 9.98. The Balaban J connectivity index is 1.54. The van der Waals surface area contributed by atoms with Crippen LogP contribution in [0.25, 0.3) is 0 Å². The van der Waals surface area contributed by atoms with Crippen LogP contribution in [0.3, 0.4) is 0 Å². The minimum absolute atomic E-state index is 0.0190. The summed E-state index contributed by atoms with van der Waals surface area (Å²) < 4.78 is 6.82. The highest BCUT2D eigenvalue weighted by Crippen LogP contribution is 2.29. The quantitative estimate of drug-likeness (QED) is 0.359. The SMILES string of the molecule is CC(C)c1ccc(OCCCC(=O)NC(c2ccccc2)c2ccccc2)c(Br)c1. The molecule has 0 aliphatic heterocycles. The van der Waals surface area contributed by atoms with Crippen molar-refractivity contribution < 1.29 is 9.53 Å². The van der Waals surface area contributed by atoms with Crippen molar-refractivity contribution in [3.63, 3.8) is 0 Å². The molecule has 0 unspecified atom stereocenters. The summed E-state index contributed by atoms with van der Waals surface area (Å²) in [6.45, 7) is 4.83. The maximum Gasteiger partial charge on any atom is 0.220 e. The zero-order chi connectivity index (χ0) is 21.3. The molecule has 0 heterocycles. The lowest BCUT2D eigenvalue weighted by molar-refractivity contribution is -0.121. The fourth-order valence-corrected chi connectivity index (χ4v) is 3.80. The molecule has 1 N–H and O–H groups in total. The molecule has 30 heavy (non-hydrogen) atoms. The molecule has 0 fully saturated rings. The van der Waals surface area contributed by atoms with Crippen LogP contribution in [0.5, 0.6) is 5.75 Å². The number of carbonyl (C=O) groups excluding carboxylic acids is 1. The Morgan fingerprint density at radius 3 is 2.03 bits per heavy atom. The van der Waals surface area contributed by atoms with E-state index in [4.69, 9.17) is 4.74 Å². The molecular weight excluding hydrogens is 438 g/mol. The van der Waals surface area contributed by atoms with Gasteiger partial charge < -0.3 is 10.1 Å². The summed E-state index contributed by atoms with van der Waals surface area (Å²) in [7, 11) is 0. The lowest BCUT2D eigenvalue weighted by Crippen LogP contribution is -2.29. The van der Waals surface area contributed by atoms with Crippen LogP contribution in [-0.4, -0.2) is 12.5 Å². The van der Waals surface area contributed by atoms with Crippen LogP contribution in [-0.2, 0) is 4.79 Å². The number of halogens is 1. The van der Waals surface area contributed by atoms with Crippen molar-refractivity contribution in [3.8, 4) is 5.75 Å². The van der Waals surface area contributed by atoms with Crippen LogP contribution in [0.1, 0.15) is 55.3 Å². The maximum atomic E-state index is 12.6. The van der Waals surface area contributed by atoms with Crippen LogP contribution in [0, 0.1) is 0 Å². The average molecular weight is 466 g/mol. The predicted molar refractivity (Wildman–Crippen MR) is 126 cm³/mol. The molecule has 0 saturated heterocycles. The number of benzene rings is 3. The van der Waals surface area contributed by atoms with Gasteiger partial charge in [0, 0.05) is 6.42 Å². The van der Waals surface area contributed by atoms with Gasteiger partial charge in [0.1, 0.15) is 5.75 Å². The van der Waals surface area contributed by atoms with Gasteiger partial charge in [-0.15, -0.1) is 0 Å². The molecule has 3 aromatic rings. The van der Waals surface area contributed by atoms with Crippen LogP contribution >= 0.6 is 15.9 Å². The Hall–Kier alpha value is -2.59. The second-order valence-electron chi connectivity index (χ2n) is 7.62. The van der Waals surface area contributed by atoms with E-state index in [0.29, 0.717) is 25.4 Å². The summed E-state index contributed by atoms with van der Waals surface area (Å²) in [6, 6.07) is 26.1. The van der Waals surface area contributed by atoms with Gasteiger partial charge in [0.25, 0.3) is 0 Å². The van der Waals surface area contributed by atoms with Gasteiger partial charge in [-0.05, 0) is 57.1 Å². The van der Waals surface area contributed by atoms with E-state index in [-0.39, 0.29) is 11.9 Å². The third kappa shape index (κ3) is 6.20. The van der Waals surface area contributed by atoms with E-state index >= 15 is 0 Å². The number of nitrogens with one attached hydrogen (secondary N) is 1. The first kappa shape index (κ1) is 22.1. The predicted octanol–water partition coefficient (Wildman–Crippen LogP) is 6.64. The minimum atomic E-state index is -0.154.